The highest BCUT2D eigenvalue weighted by molar-refractivity contribution is 7.89. The molecule has 0 heterocycles. The van der Waals surface area contributed by atoms with Crippen molar-refractivity contribution in [1.82, 2.24) is 4.41 Å². The molecule has 7 heteroatoms. The van der Waals surface area contributed by atoms with E-state index >= 15 is 0 Å². The number of hydrogen-bond acceptors (Lipinski definition) is 5. The van der Waals surface area contributed by atoms with Crippen LogP contribution in [-0.2, 0) is 19.6 Å². The molecule has 0 atom stereocenters. The van der Waals surface area contributed by atoms with E-state index in [1.807, 2.05) is 13.0 Å². The summed E-state index contributed by atoms with van der Waals surface area (Å²) in [6, 6.07) is 15.0. The van der Waals surface area contributed by atoms with Crippen LogP contribution in [0.2, 0.25) is 0 Å². The predicted octanol–water partition coefficient (Wildman–Crippen LogP) is 2.93. The first-order valence-electron chi connectivity index (χ1n) is 7.75. The minimum absolute atomic E-state index is 0.0130. The van der Waals surface area contributed by atoms with Gasteiger partial charge in [-0.15, -0.1) is 9.52 Å². The zero-order valence-electron chi connectivity index (χ0n) is 14.3. The van der Waals surface area contributed by atoms with E-state index in [1.165, 1.54) is 12.1 Å². The summed E-state index contributed by atoms with van der Waals surface area (Å²) >= 11 is 0. The molecule has 1 amide bonds. The molecule has 25 heavy (non-hydrogen) atoms. The van der Waals surface area contributed by atoms with E-state index in [1.54, 1.807) is 43.3 Å². The lowest BCUT2D eigenvalue weighted by Gasteiger charge is -2.17. The third-order valence-corrected chi connectivity index (χ3v) is 4.96. The standard InChI is InChI=1S/C18H20N2O4S/c1-4-24-18(16-8-6-5-7-9-16)19-20(15(3)21)25(22,23)17-12-10-14(2)11-13-17/h5-13H,4H2,1-3H3/b19-18-. The predicted molar refractivity (Wildman–Crippen MR) is 95.5 cm³/mol. The van der Waals surface area contributed by atoms with Crippen LogP contribution in [-0.4, -0.2) is 31.2 Å². The van der Waals surface area contributed by atoms with E-state index in [0.717, 1.165) is 12.5 Å². The maximum absolute atomic E-state index is 12.8. The fourth-order valence-electron chi connectivity index (χ4n) is 2.07. The van der Waals surface area contributed by atoms with E-state index < -0.39 is 15.9 Å². The molecule has 132 valence electrons. The third-order valence-electron chi connectivity index (χ3n) is 3.30. The van der Waals surface area contributed by atoms with Crippen molar-refractivity contribution in [3.05, 3.63) is 65.7 Å². The van der Waals surface area contributed by atoms with Crippen LogP contribution in [0.5, 0.6) is 0 Å². The maximum atomic E-state index is 12.8. The van der Waals surface area contributed by atoms with Gasteiger partial charge in [-0.1, -0.05) is 35.9 Å². The molecule has 0 bridgehead atoms. The Morgan fingerprint density at radius 3 is 2.20 bits per heavy atom. The summed E-state index contributed by atoms with van der Waals surface area (Å²) in [4.78, 5) is 12.0. The number of carbonyl (C=O) groups is 1. The summed E-state index contributed by atoms with van der Waals surface area (Å²) < 4.78 is 31.5. The first-order valence-corrected chi connectivity index (χ1v) is 9.19. The number of benzene rings is 2. The molecule has 0 fully saturated rings. The number of sulfonamides is 1. The van der Waals surface area contributed by atoms with Gasteiger partial charge in [0.2, 0.25) is 5.90 Å². The summed E-state index contributed by atoms with van der Waals surface area (Å²) in [5.41, 5.74) is 1.49. The van der Waals surface area contributed by atoms with E-state index in [0.29, 0.717) is 9.98 Å². The van der Waals surface area contributed by atoms with Gasteiger partial charge in [-0.2, -0.15) is 8.42 Å². The lowest BCUT2D eigenvalue weighted by Crippen LogP contribution is -2.32. The second-order valence-corrected chi connectivity index (χ2v) is 7.05. The van der Waals surface area contributed by atoms with Gasteiger partial charge in [0.15, 0.2) is 0 Å². The van der Waals surface area contributed by atoms with Gasteiger partial charge >= 0.3 is 0 Å². The van der Waals surface area contributed by atoms with Gasteiger partial charge in [0.1, 0.15) is 0 Å². The van der Waals surface area contributed by atoms with Crippen LogP contribution in [0.15, 0.2) is 64.6 Å². The lowest BCUT2D eigenvalue weighted by molar-refractivity contribution is -0.124. The Hall–Kier alpha value is -2.67. The Bertz CT molecular complexity index is 860. The Morgan fingerprint density at radius 1 is 1.08 bits per heavy atom. The average Bonchev–Trinajstić information content (AvgIpc) is 2.59. The topological polar surface area (TPSA) is 76.0 Å². The van der Waals surface area contributed by atoms with Crippen molar-refractivity contribution < 1.29 is 17.9 Å². The average molecular weight is 360 g/mol. The number of aryl methyl sites for hydroxylation is 1. The summed E-state index contributed by atoms with van der Waals surface area (Å²) in [7, 11) is -4.12. The van der Waals surface area contributed by atoms with E-state index in [-0.39, 0.29) is 17.4 Å². The minimum atomic E-state index is -4.12. The Balaban J connectivity index is 2.52. The third kappa shape index (κ3) is 4.45. The monoisotopic (exact) mass is 360 g/mol. The van der Waals surface area contributed by atoms with Crippen molar-refractivity contribution in [2.75, 3.05) is 6.61 Å². The summed E-state index contributed by atoms with van der Waals surface area (Å²) in [5, 5.41) is 4.00. The van der Waals surface area contributed by atoms with Crippen molar-refractivity contribution >= 4 is 21.8 Å². The van der Waals surface area contributed by atoms with E-state index in [4.69, 9.17) is 4.74 Å². The molecule has 2 aromatic rings. The second kappa shape index (κ2) is 7.94. The largest absolute Gasteiger partial charge is 0.476 e. The Labute approximate surface area is 147 Å². The molecule has 0 unspecified atom stereocenters. The highest BCUT2D eigenvalue weighted by Crippen LogP contribution is 2.18. The van der Waals surface area contributed by atoms with Gasteiger partial charge in [0.05, 0.1) is 11.5 Å². The second-order valence-electron chi connectivity index (χ2n) is 5.28. The van der Waals surface area contributed by atoms with Gasteiger partial charge in [-0.05, 0) is 38.1 Å². The molecule has 0 aromatic heterocycles. The van der Waals surface area contributed by atoms with Gasteiger partial charge in [-0.25, -0.2) is 0 Å². The molecule has 0 aliphatic carbocycles. The Morgan fingerprint density at radius 2 is 1.68 bits per heavy atom. The SMILES string of the molecule is CCO/C(=N\N(C(C)=O)S(=O)(=O)c1ccc(C)cc1)c1ccccc1. The highest BCUT2D eigenvalue weighted by Gasteiger charge is 2.28. The van der Waals surface area contributed by atoms with Crippen LogP contribution in [0, 0.1) is 6.92 Å². The quantitative estimate of drug-likeness (QED) is 0.467. The summed E-state index contributed by atoms with van der Waals surface area (Å²) in [5.74, 6) is -0.664. The zero-order chi connectivity index (χ0) is 18.4. The zero-order valence-corrected chi connectivity index (χ0v) is 15.2. The van der Waals surface area contributed by atoms with Crippen LogP contribution in [0.4, 0.5) is 0 Å². The molecule has 6 nitrogen and oxygen atoms in total. The summed E-state index contributed by atoms with van der Waals surface area (Å²) in [6.45, 7) is 5.03. The van der Waals surface area contributed by atoms with Crippen LogP contribution in [0.25, 0.3) is 0 Å². The number of nitrogens with zero attached hydrogens (tertiary/aromatic N) is 2. The summed E-state index contributed by atoms with van der Waals surface area (Å²) in [6.07, 6.45) is 0. The molecule has 0 aliphatic rings. The molecule has 0 N–H and O–H groups in total. The first-order chi connectivity index (χ1) is 11.9. The number of hydrogen-bond donors (Lipinski definition) is 0. The number of carbonyl (C=O) groups excluding carboxylic acids is 1. The maximum Gasteiger partial charge on any atom is 0.286 e. The first kappa shape index (κ1) is 18.7. The van der Waals surface area contributed by atoms with Crippen LogP contribution < -0.4 is 0 Å². The van der Waals surface area contributed by atoms with Crippen molar-refractivity contribution in [3.63, 3.8) is 0 Å². The molecule has 2 rings (SSSR count). The minimum Gasteiger partial charge on any atom is -0.476 e. The van der Waals surface area contributed by atoms with Crippen LogP contribution >= 0.6 is 0 Å². The molecular weight excluding hydrogens is 340 g/mol. The van der Waals surface area contributed by atoms with Gasteiger partial charge in [0, 0.05) is 12.5 Å². The number of rotatable bonds is 5. The number of amides is 1. The van der Waals surface area contributed by atoms with Crippen LogP contribution in [0.1, 0.15) is 25.0 Å². The van der Waals surface area contributed by atoms with Crippen molar-refractivity contribution in [1.29, 1.82) is 0 Å². The van der Waals surface area contributed by atoms with Gasteiger partial charge in [-0.3, -0.25) is 4.79 Å². The van der Waals surface area contributed by atoms with Crippen molar-refractivity contribution in [2.24, 2.45) is 5.10 Å². The normalized spacial score (nSPS) is 11.9. The van der Waals surface area contributed by atoms with Gasteiger partial charge in [0.25, 0.3) is 15.9 Å². The Kier molecular flexibility index (Phi) is 5.93. The molecular formula is C18H20N2O4S. The smallest absolute Gasteiger partial charge is 0.286 e. The molecule has 2 aromatic carbocycles. The molecule has 0 saturated carbocycles. The fraction of sp³-hybridized carbons (Fsp3) is 0.222. The van der Waals surface area contributed by atoms with E-state index in [2.05, 4.69) is 5.10 Å². The van der Waals surface area contributed by atoms with Crippen molar-refractivity contribution in [2.45, 2.75) is 25.7 Å². The fourth-order valence-corrected chi connectivity index (χ4v) is 3.27. The number of ether oxygens (including phenoxy) is 1. The number of hydrazone groups is 1. The van der Waals surface area contributed by atoms with Crippen LogP contribution in [0.3, 0.4) is 0 Å². The van der Waals surface area contributed by atoms with Gasteiger partial charge < -0.3 is 4.74 Å². The van der Waals surface area contributed by atoms with Crippen molar-refractivity contribution in [3.8, 4) is 0 Å². The molecule has 0 saturated heterocycles. The highest BCUT2D eigenvalue weighted by atomic mass is 32.2. The van der Waals surface area contributed by atoms with E-state index in [9.17, 15) is 13.2 Å². The molecule has 0 aliphatic heterocycles. The lowest BCUT2D eigenvalue weighted by atomic mass is 10.2. The molecule has 0 spiro atoms. The molecule has 0 radical (unpaired) electrons.